The Morgan fingerprint density at radius 1 is 0.923 bits per heavy atom. The highest BCUT2D eigenvalue weighted by atomic mass is 16.5. The second-order valence-corrected chi connectivity index (χ2v) is 5.66. The van der Waals surface area contributed by atoms with E-state index in [9.17, 15) is 14.4 Å². The quantitative estimate of drug-likeness (QED) is 0.742. The Kier molecular flexibility index (Phi) is 6.32. The number of amides is 3. The molecule has 0 aliphatic carbocycles. The Bertz CT molecular complexity index is 816. The summed E-state index contributed by atoms with van der Waals surface area (Å²) in [5, 5.41) is 8.13. The van der Waals surface area contributed by atoms with Gasteiger partial charge in [-0.05, 0) is 35.9 Å². The van der Waals surface area contributed by atoms with Gasteiger partial charge in [-0.3, -0.25) is 14.4 Å². The summed E-state index contributed by atoms with van der Waals surface area (Å²) in [6.45, 7) is 3.26. The van der Waals surface area contributed by atoms with E-state index in [0.29, 0.717) is 29.2 Å². The first-order chi connectivity index (χ1) is 12.4. The van der Waals surface area contributed by atoms with E-state index in [4.69, 9.17) is 4.74 Å². The van der Waals surface area contributed by atoms with E-state index in [1.165, 1.54) is 21.0 Å². The lowest BCUT2D eigenvalue weighted by Gasteiger charge is -2.12. The summed E-state index contributed by atoms with van der Waals surface area (Å²) in [6.07, 6.45) is 0. The Morgan fingerprint density at radius 3 is 2.19 bits per heavy atom. The van der Waals surface area contributed by atoms with Crippen LogP contribution in [0.3, 0.4) is 0 Å². The number of methoxy groups -OCH3 is 1. The van der Waals surface area contributed by atoms with Gasteiger partial charge in [-0.15, -0.1) is 0 Å². The molecular weight excluding hydrogens is 334 g/mol. The number of benzene rings is 2. The van der Waals surface area contributed by atoms with Crippen molar-refractivity contribution < 1.29 is 19.1 Å². The molecule has 0 aliphatic rings. The van der Waals surface area contributed by atoms with Crippen molar-refractivity contribution in [1.29, 1.82) is 0 Å². The normalized spacial score (nSPS) is 9.96. The smallest absolute Gasteiger partial charge is 0.255 e. The average Bonchev–Trinajstić information content (AvgIpc) is 2.60. The first-order valence-corrected chi connectivity index (χ1v) is 7.99. The standard InChI is InChI=1S/C19H21N3O4/c1-12(23)20-11-14-4-6-15(7-5-14)19(25)22-17-10-16(21-13(2)24)8-9-18(17)26-3/h4-10H,11H2,1-3H3,(H,20,23)(H,21,24)(H,22,25). The highest BCUT2D eigenvalue weighted by molar-refractivity contribution is 6.05. The first-order valence-electron chi connectivity index (χ1n) is 7.99. The molecule has 26 heavy (non-hydrogen) atoms. The Morgan fingerprint density at radius 2 is 1.62 bits per heavy atom. The third-order valence-electron chi connectivity index (χ3n) is 3.53. The molecule has 136 valence electrons. The van der Waals surface area contributed by atoms with Crippen molar-refractivity contribution in [3.63, 3.8) is 0 Å². The summed E-state index contributed by atoms with van der Waals surface area (Å²) in [7, 11) is 1.50. The monoisotopic (exact) mass is 355 g/mol. The molecular formula is C19H21N3O4. The number of carbonyl (C=O) groups is 3. The van der Waals surface area contributed by atoms with Crippen molar-refractivity contribution >= 4 is 29.1 Å². The van der Waals surface area contributed by atoms with E-state index >= 15 is 0 Å². The maximum atomic E-state index is 12.5. The minimum atomic E-state index is -0.311. The Hall–Kier alpha value is -3.35. The topological polar surface area (TPSA) is 96.5 Å². The highest BCUT2D eigenvalue weighted by Crippen LogP contribution is 2.28. The number of hydrogen-bond acceptors (Lipinski definition) is 4. The molecule has 0 saturated heterocycles. The van der Waals surface area contributed by atoms with Gasteiger partial charge in [0.25, 0.3) is 5.91 Å². The van der Waals surface area contributed by atoms with E-state index in [0.717, 1.165) is 5.56 Å². The van der Waals surface area contributed by atoms with Crippen LogP contribution in [0.5, 0.6) is 5.75 Å². The molecule has 0 unspecified atom stereocenters. The van der Waals surface area contributed by atoms with Crippen LogP contribution in [-0.2, 0) is 16.1 Å². The number of hydrogen-bond donors (Lipinski definition) is 3. The second-order valence-electron chi connectivity index (χ2n) is 5.66. The number of nitrogens with one attached hydrogen (secondary N) is 3. The molecule has 0 fully saturated rings. The molecule has 0 heterocycles. The predicted octanol–water partition coefficient (Wildman–Crippen LogP) is 2.54. The van der Waals surface area contributed by atoms with Crippen LogP contribution in [0.2, 0.25) is 0 Å². The van der Waals surface area contributed by atoms with Gasteiger partial charge >= 0.3 is 0 Å². The van der Waals surface area contributed by atoms with Crippen molar-refractivity contribution in [1.82, 2.24) is 5.32 Å². The third-order valence-corrected chi connectivity index (χ3v) is 3.53. The van der Waals surface area contributed by atoms with Gasteiger partial charge in [-0.25, -0.2) is 0 Å². The van der Waals surface area contributed by atoms with Gasteiger partial charge in [0.1, 0.15) is 5.75 Å². The van der Waals surface area contributed by atoms with Gasteiger partial charge in [0, 0.05) is 31.6 Å². The van der Waals surface area contributed by atoms with Crippen molar-refractivity contribution in [3.8, 4) is 5.75 Å². The molecule has 7 heteroatoms. The summed E-state index contributed by atoms with van der Waals surface area (Å²) < 4.78 is 5.25. The highest BCUT2D eigenvalue weighted by Gasteiger charge is 2.11. The lowest BCUT2D eigenvalue weighted by atomic mass is 10.1. The van der Waals surface area contributed by atoms with Gasteiger partial charge in [0.2, 0.25) is 11.8 Å². The van der Waals surface area contributed by atoms with Gasteiger partial charge in [0.15, 0.2) is 0 Å². The number of ether oxygens (including phenoxy) is 1. The Labute approximate surface area is 151 Å². The maximum absolute atomic E-state index is 12.5. The van der Waals surface area contributed by atoms with E-state index in [2.05, 4.69) is 16.0 Å². The predicted molar refractivity (Wildman–Crippen MR) is 99.2 cm³/mol. The number of carbonyl (C=O) groups excluding carboxylic acids is 3. The molecule has 0 aliphatic heterocycles. The summed E-state index contributed by atoms with van der Waals surface area (Å²) in [6, 6.07) is 11.9. The summed E-state index contributed by atoms with van der Waals surface area (Å²) >= 11 is 0. The average molecular weight is 355 g/mol. The maximum Gasteiger partial charge on any atom is 0.255 e. The van der Waals surface area contributed by atoms with Crippen molar-refractivity contribution in [3.05, 3.63) is 53.6 Å². The minimum Gasteiger partial charge on any atom is -0.495 e. The largest absolute Gasteiger partial charge is 0.495 e. The molecule has 2 aromatic rings. The van der Waals surface area contributed by atoms with E-state index < -0.39 is 0 Å². The molecule has 0 atom stereocenters. The fourth-order valence-electron chi connectivity index (χ4n) is 2.28. The zero-order valence-electron chi connectivity index (χ0n) is 14.9. The summed E-state index contributed by atoms with van der Waals surface area (Å²) in [5.74, 6) is -0.149. The molecule has 2 rings (SSSR count). The first kappa shape index (κ1) is 19.0. The molecule has 3 amide bonds. The van der Waals surface area contributed by atoms with Gasteiger partial charge in [0.05, 0.1) is 12.8 Å². The summed E-state index contributed by atoms with van der Waals surface area (Å²) in [5.41, 5.74) is 2.36. The molecule has 0 bridgehead atoms. The van der Waals surface area contributed by atoms with Crippen LogP contribution in [0.25, 0.3) is 0 Å². The number of rotatable bonds is 6. The van der Waals surface area contributed by atoms with Crippen molar-refractivity contribution in [2.75, 3.05) is 17.7 Å². The zero-order valence-corrected chi connectivity index (χ0v) is 14.9. The van der Waals surface area contributed by atoms with E-state index in [-0.39, 0.29) is 17.7 Å². The Balaban J connectivity index is 2.13. The molecule has 7 nitrogen and oxygen atoms in total. The zero-order chi connectivity index (χ0) is 19.1. The molecule has 0 aromatic heterocycles. The van der Waals surface area contributed by atoms with E-state index in [1.54, 1.807) is 42.5 Å². The van der Waals surface area contributed by atoms with Crippen LogP contribution in [0, 0.1) is 0 Å². The van der Waals surface area contributed by atoms with E-state index in [1.807, 2.05) is 0 Å². The van der Waals surface area contributed by atoms with Crippen LogP contribution in [0.1, 0.15) is 29.8 Å². The molecule has 0 radical (unpaired) electrons. The second kappa shape index (κ2) is 8.66. The lowest BCUT2D eigenvalue weighted by molar-refractivity contribution is -0.119. The lowest BCUT2D eigenvalue weighted by Crippen LogP contribution is -2.19. The fraction of sp³-hybridized carbons (Fsp3) is 0.211. The van der Waals surface area contributed by atoms with Gasteiger partial charge in [-0.1, -0.05) is 12.1 Å². The van der Waals surface area contributed by atoms with Gasteiger partial charge < -0.3 is 20.7 Å². The SMILES string of the molecule is COc1ccc(NC(C)=O)cc1NC(=O)c1ccc(CNC(C)=O)cc1. The van der Waals surface area contributed by atoms with Crippen molar-refractivity contribution in [2.24, 2.45) is 0 Å². The molecule has 0 saturated carbocycles. The summed E-state index contributed by atoms with van der Waals surface area (Å²) in [4.78, 5) is 34.6. The van der Waals surface area contributed by atoms with Crippen LogP contribution in [-0.4, -0.2) is 24.8 Å². The molecule has 3 N–H and O–H groups in total. The third kappa shape index (κ3) is 5.34. The molecule has 2 aromatic carbocycles. The minimum absolute atomic E-state index is 0.113. The van der Waals surface area contributed by atoms with Crippen LogP contribution >= 0.6 is 0 Å². The molecule has 0 spiro atoms. The fourth-order valence-corrected chi connectivity index (χ4v) is 2.28. The van der Waals surface area contributed by atoms with Crippen LogP contribution < -0.4 is 20.7 Å². The van der Waals surface area contributed by atoms with Crippen LogP contribution in [0.15, 0.2) is 42.5 Å². The van der Waals surface area contributed by atoms with Gasteiger partial charge in [-0.2, -0.15) is 0 Å². The van der Waals surface area contributed by atoms with Crippen molar-refractivity contribution in [2.45, 2.75) is 20.4 Å². The number of anilines is 2. The van der Waals surface area contributed by atoms with Crippen LogP contribution in [0.4, 0.5) is 11.4 Å².